The fourth-order valence-electron chi connectivity index (χ4n) is 2.85. The largest absolute Gasteiger partial charge is 0.465 e. The van der Waals surface area contributed by atoms with E-state index in [1.54, 1.807) is 27.8 Å². The molecule has 0 bridgehead atoms. The molecule has 0 saturated carbocycles. The SMILES string of the molecule is CC(C)CC(CC(C(=O)OCCSSc1ccccn1)C(C)C)C(=O)OCCO. The molecule has 0 amide bonds. The van der Waals surface area contributed by atoms with E-state index in [-0.39, 0.29) is 42.9 Å². The van der Waals surface area contributed by atoms with Crippen LogP contribution in [0.3, 0.4) is 0 Å². The number of carbonyl (C=O) groups is 2. The Morgan fingerprint density at radius 2 is 1.79 bits per heavy atom. The summed E-state index contributed by atoms with van der Waals surface area (Å²) in [5, 5.41) is 9.81. The molecule has 6 nitrogen and oxygen atoms in total. The number of nitrogens with zero attached hydrogens (tertiary/aromatic N) is 1. The van der Waals surface area contributed by atoms with E-state index in [2.05, 4.69) is 4.98 Å². The Morgan fingerprint density at radius 1 is 1.07 bits per heavy atom. The van der Waals surface area contributed by atoms with Gasteiger partial charge in [0.2, 0.25) is 0 Å². The zero-order valence-electron chi connectivity index (χ0n) is 17.7. The molecule has 29 heavy (non-hydrogen) atoms. The van der Waals surface area contributed by atoms with Gasteiger partial charge < -0.3 is 14.6 Å². The number of rotatable bonds is 14. The minimum absolute atomic E-state index is 0.0185. The molecule has 1 rings (SSSR count). The van der Waals surface area contributed by atoms with E-state index in [0.29, 0.717) is 31.1 Å². The lowest BCUT2D eigenvalue weighted by atomic mass is 9.83. The van der Waals surface area contributed by atoms with Gasteiger partial charge in [0, 0.05) is 11.9 Å². The summed E-state index contributed by atoms with van der Waals surface area (Å²) in [6.45, 7) is 8.08. The molecular weight excluding hydrogens is 410 g/mol. The second-order valence-corrected chi connectivity index (χ2v) is 9.98. The minimum atomic E-state index is -0.379. The molecule has 0 aliphatic carbocycles. The van der Waals surface area contributed by atoms with Gasteiger partial charge in [-0.2, -0.15) is 0 Å². The molecule has 0 fully saturated rings. The van der Waals surface area contributed by atoms with Crippen LogP contribution in [0.15, 0.2) is 29.4 Å². The number of pyridine rings is 1. The lowest BCUT2D eigenvalue weighted by Gasteiger charge is -2.25. The van der Waals surface area contributed by atoms with E-state index in [9.17, 15) is 9.59 Å². The molecule has 0 radical (unpaired) electrons. The molecular formula is C21H33NO5S2. The average molecular weight is 444 g/mol. The molecule has 0 aromatic carbocycles. The highest BCUT2D eigenvalue weighted by Gasteiger charge is 2.31. The van der Waals surface area contributed by atoms with Crippen LogP contribution in [0.25, 0.3) is 0 Å². The predicted molar refractivity (Wildman–Crippen MR) is 117 cm³/mol. The fourth-order valence-corrected chi connectivity index (χ4v) is 4.56. The molecule has 8 heteroatoms. The van der Waals surface area contributed by atoms with Gasteiger partial charge in [-0.25, -0.2) is 4.98 Å². The predicted octanol–water partition coefficient (Wildman–Crippen LogP) is 4.23. The maximum atomic E-state index is 12.6. The van der Waals surface area contributed by atoms with E-state index in [1.807, 2.05) is 45.9 Å². The third-order valence-corrected chi connectivity index (χ3v) is 6.49. The lowest BCUT2D eigenvalue weighted by molar-refractivity contribution is -0.154. The van der Waals surface area contributed by atoms with Crippen molar-refractivity contribution in [3.8, 4) is 0 Å². The van der Waals surface area contributed by atoms with Crippen LogP contribution in [-0.4, -0.2) is 47.6 Å². The van der Waals surface area contributed by atoms with Gasteiger partial charge in [0.05, 0.1) is 18.4 Å². The van der Waals surface area contributed by atoms with Crippen LogP contribution in [0.1, 0.15) is 40.5 Å². The van der Waals surface area contributed by atoms with Crippen molar-refractivity contribution < 1.29 is 24.2 Å². The smallest absolute Gasteiger partial charge is 0.309 e. The maximum absolute atomic E-state index is 12.6. The van der Waals surface area contributed by atoms with E-state index < -0.39 is 0 Å². The van der Waals surface area contributed by atoms with Crippen LogP contribution in [-0.2, 0) is 19.1 Å². The molecule has 2 atom stereocenters. The standard InChI is InChI=1S/C21H33NO5S2/c1-15(2)13-17(20(24)26-10-9-23)14-18(16(3)4)21(25)27-11-12-28-29-19-7-5-6-8-22-19/h5-8,15-18,23H,9-14H2,1-4H3. The van der Waals surface area contributed by atoms with Crippen molar-refractivity contribution in [1.82, 2.24) is 4.98 Å². The van der Waals surface area contributed by atoms with E-state index in [1.165, 1.54) is 0 Å². The maximum Gasteiger partial charge on any atom is 0.309 e. The van der Waals surface area contributed by atoms with Crippen molar-refractivity contribution in [3.05, 3.63) is 24.4 Å². The molecule has 1 N–H and O–H groups in total. The third kappa shape index (κ3) is 10.9. The molecule has 1 heterocycles. The summed E-state index contributed by atoms with van der Waals surface area (Å²) in [6.07, 6.45) is 2.78. The Morgan fingerprint density at radius 3 is 2.38 bits per heavy atom. The summed E-state index contributed by atoms with van der Waals surface area (Å²) in [4.78, 5) is 29.2. The molecule has 164 valence electrons. The van der Waals surface area contributed by atoms with Crippen LogP contribution in [0.2, 0.25) is 0 Å². The summed E-state index contributed by atoms with van der Waals surface area (Å²) in [5.41, 5.74) is 0. The first-order valence-corrected chi connectivity index (χ1v) is 12.3. The Kier molecular flexibility index (Phi) is 13.1. The highest BCUT2D eigenvalue weighted by atomic mass is 33.1. The van der Waals surface area contributed by atoms with Crippen LogP contribution in [0, 0.1) is 23.7 Å². The Hall–Kier alpha value is -1.25. The Balaban J connectivity index is 2.52. The first-order valence-electron chi connectivity index (χ1n) is 9.99. The molecule has 1 aromatic rings. The van der Waals surface area contributed by atoms with Gasteiger partial charge in [0.1, 0.15) is 18.2 Å². The monoisotopic (exact) mass is 443 g/mol. The molecule has 0 aliphatic rings. The Labute approximate surface area is 181 Å². The molecule has 1 aromatic heterocycles. The molecule has 0 aliphatic heterocycles. The van der Waals surface area contributed by atoms with Gasteiger partial charge in [-0.15, -0.1) is 0 Å². The van der Waals surface area contributed by atoms with E-state index in [4.69, 9.17) is 14.6 Å². The van der Waals surface area contributed by atoms with Crippen molar-refractivity contribution in [3.63, 3.8) is 0 Å². The van der Waals surface area contributed by atoms with Crippen molar-refractivity contribution >= 4 is 33.5 Å². The Bertz CT molecular complexity index is 598. The summed E-state index contributed by atoms with van der Waals surface area (Å²) in [6, 6.07) is 5.74. The molecule has 2 unspecified atom stereocenters. The summed E-state index contributed by atoms with van der Waals surface area (Å²) < 4.78 is 10.6. The van der Waals surface area contributed by atoms with Crippen LogP contribution >= 0.6 is 21.6 Å². The zero-order chi connectivity index (χ0) is 21.6. The van der Waals surface area contributed by atoms with Gasteiger partial charge >= 0.3 is 11.9 Å². The number of aliphatic hydroxyl groups is 1. The van der Waals surface area contributed by atoms with Crippen molar-refractivity contribution in [2.24, 2.45) is 23.7 Å². The first-order chi connectivity index (χ1) is 13.8. The van der Waals surface area contributed by atoms with Crippen LogP contribution in [0.4, 0.5) is 0 Å². The van der Waals surface area contributed by atoms with E-state index in [0.717, 1.165) is 5.03 Å². The zero-order valence-corrected chi connectivity index (χ0v) is 19.3. The van der Waals surface area contributed by atoms with Crippen LogP contribution in [0.5, 0.6) is 0 Å². The first kappa shape index (κ1) is 25.8. The van der Waals surface area contributed by atoms with Gasteiger partial charge in [-0.1, -0.05) is 44.6 Å². The number of esters is 2. The normalized spacial score (nSPS) is 13.3. The lowest BCUT2D eigenvalue weighted by Crippen LogP contribution is -2.30. The summed E-state index contributed by atoms with van der Waals surface area (Å²) in [7, 11) is 3.13. The number of aromatic nitrogens is 1. The highest BCUT2D eigenvalue weighted by molar-refractivity contribution is 8.76. The second-order valence-electron chi connectivity index (χ2n) is 7.54. The summed E-state index contributed by atoms with van der Waals surface area (Å²) >= 11 is 0. The van der Waals surface area contributed by atoms with Gasteiger partial charge in [0.25, 0.3) is 0 Å². The van der Waals surface area contributed by atoms with Gasteiger partial charge in [-0.05, 0) is 47.6 Å². The quantitative estimate of drug-likeness (QED) is 0.260. The number of aliphatic hydroxyl groups excluding tert-OH is 1. The molecule has 0 saturated heterocycles. The highest BCUT2D eigenvalue weighted by Crippen LogP contribution is 2.30. The van der Waals surface area contributed by atoms with Crippen molar-refractivity contribution in [2.75, 3.05) is 25.6 Å². The second kappa shape index (κ2) is 14.7. The third-order valence-electron chi connectivity index (χ3n) is 4.26. The van der Waals surface area contributed by atoms with E-state index >= 15 is 0 Å². The number of ether oxygens (including phenoxy) is 2. The number of hydrogen-bond acceptors (Lipinski definition) is 8. The minimum Gasteiger partial charge on any atom is -0.465 e. The van der Waals surface area contributed by atoms with Crippen LogP contribution < -0.4 is 0 Å². The number of carbonyl (C=O) groups excluding carboxylic acids is 2. The summed E-state index contributed by atoms with van der Waals surface area (Å²) in [5.74, 6) is -0.361. The van der Waals surface area contributed by atoms with Gasteiger partial charge in [0.15, 0.2) is 0 Å². The molecule has 0 spiro atoms. The van der Waals surface area contributed by atoms with Crippen molar-refractivity contribution in [2.45, 2.75) is 45.6 Å². The fraction of sp³-hybridized carbons (Fsp3) is 0.667. The average Bonchev–Trinajstić information content (AvgIpc) is 2.69. The van der Waals surface area contributed by atoms with Gasteiger partial charge in [-0.3, -0.25) is 9.59 Å². The topological polar surface area (TPSA) is 85.7 Å². The number of hydrogen-bond donors (Lipinski definition) is 1. The van der Waals surface area contributed by atoms with Crippen molar-refractivity contribution in [1.29, 1.82) is 0 Å².